The van der Waals surface area contributed by atoms with E-state index in [2.05, 4.69) is 5.32 Å². The predicted octanol–water partition coefficient (Wildman–Crippen LogP) is 0.187. The smallest absolute Gasteiger partial charge is 0.404 e. The zero-order valence-electron chi connectivity index (χ0n) is 15.6. The molecule has 0 aromatic carbocycles. The number of carbonyl (C=O) groups excluding carboxylic acids is 4. The molecular weight excluding hydrogens is 422 g/mol. The van der Waals surface area contributed by atoms with Gasteiger partial charge in [0.25, 0.3) is 11.6 Å². The summed E-state index contributed by atoms with van der Waals surface area (Å²) in [7, 11) is 2.49. The van der Waals surface area contributed by atoms with E-state index in [0.717, 1.165) is 4.88 Å². The molecule has 1 aromatic heterocycles. The van der Waals surface area contributed by atoms with Crippen LogP contribution in [0.4, 0.5) is 4.79 Å². The second kappa shape index (κ2) is 8.43. The van der Waals surface area contributed by atoms with Crippen LogP contribution in [0.15, 0.2) is 28.8 Å². The van der Waals surface area contributed by atoms with Crippen molar-refractivity contribution >= 4 is 47.0 Å². The van der Waals surface area contributed by atoms with Crippen molar-refractivity contribution in [2.75, 3.05) is 26.6 Å². The molecule has 0 spiro atoms. The van der Waals surface area contributed by atoms with Crippen molar-refractivity contribution in [2.24, 2.45) is 5.73 Å². The molecule has 2 aliphatic rings. The average molecular weight is 441 g/mol. The number of nitrogens with two attached hydrogens (primary N) is 1. The number of carbonyl (C=O) groups is 4. The van der Waals surface area contributed by atoms with Crippen molar-refractivity contribution in [1.82, 2.24) is 10.2 Å². The number of nitrogens with zero attached hydrogens (tertiary/aromatic N) is 1. The van der Waals surface area contributed by atoms with E-state index in [0.29, 0.717) is 5.57 Å². The van der Waals surface area contributed by atoms with Crippen LogP contribution in [0.25, 0.3) is 0 Å². The number of esters is 1. The van der Waals surface area contributed by atoms with Crippen LogP contribution in [-0.2, 0) is 35.0 Å². The average Bonchev–Trinajstić information content (AvgIpc) is 3.21. The van der Waals surface area contributed by atoms with Crippen LogP contribution in [0.5, 0.6) is 0 Å². The van der Waals surface area contributed by atoms with Gasteiger partial charge in [-0.1, -0.05) is 6.07 Å². The molecule has 0 unspecified atom stereocenters. The van der Waals surface area contributed by atoms with Gasteiger partial charge in [0.05, 0.1) is 13.5 Å². The van der Waals surface area contributed by atoms with Gasteiger partial charge in [-0.15, -0.1) is 23.1 Å². The molecule has 10 nitrogen and oxygen atoms in total. The fourth-order valence-corrected chi connectivity index (χ4v) is 5.24. The van der Waals surface area contributed by atoms with Crippen molar-refractivity contribution in [3.05, 3.63) is 33.7 Å². The number of fused-ring (bicyclic) bond motifs is 1. The summed E-state index contributed by atoms with van der Waals surface area (Å²) < 4.78 is 15.0. The number of rotatable bonds is 7. The number of methoxy groups -OCH3 is 2. The molecule has 2 atom stereocenters. The van der Waals surface area contributed by atoms with E-state index >= 15 is 0 Å². The first kappa shape index (κ1) is 21.1. The number of primary amides is 1. The van der Waals surface area contributed by atoms with E-state index in [-0.39, 0.29) is 30.4 Å². The molecule has 3 amide bonds. The van der Waals surface area contributed by atoms with Gasteiger partial charge >= 0.3 is 12.1 Å². The van der Waals surface area contributed by atoms with Gasteiger partial charge in [0.2, 0.25) is 5.91 Å². The molecule has 12 heteroatoms. The zero-order chi connectivity index (χ0) is 21.2. The van der Waals surface area contributed by atoms with Gasteiger partial charge in [0.1, 0.15) is 17.7 Å². The van der Waals surface area contributed by atoms with Crippen LogP contribution in [0.2, 0.25) is 0 Å². The fourth-order valence-electron chi connectivity index (χ4n) is 3.12. The molecule has 29 heavy (non-hydrogen) atoms. The molecule has 156 valence electrons. The molecule has 3 rings (SSSR count). The molecule has 0 radical (unpaired) electrons. The van der Waals surface area contributed by atoms with Crippen LogP contribution in [0.1, 0.15) is 4.88 Å². The van der Waals surface area contributed by atoms with Crippen LogP contribution >= 0.6 is 23.1 Å². The molecule has 2 aliphatic heterocycles. The topological polar surface area (TPSA) is 137 Å². The Bertz CT molecular complexity index is 870. The maximum Gasteiger partial charge on any atom is 0.404 e. The van der Waals surface area contributed by atoms with Crippen molar-refractivity contribution in [1.29, 1.82) is 0 Å². The van der Waals surface area contributed by atoms with Crippen LogP contribution in [-0.4, -0.2) is 66.5 Å². The van der Waals surface area contributed by atoms with Crippen LogP contribution in [0, 0.1) is 0 Å². The minimum Gasteiger partial charge on any atom is -0.464 e. The van der Waals surface area contributed by atoms with E-state index in [9.17, 15) is 19.2 Å². The zero-order valence-corrected chi connectivity index (χ0v) is 17.3. The minimum atomic E-state index is -1.60. The molecular formula is C17H19N3O7S2. The Morgan fingerprint density at radius 1 is 1.38 bits per heavy atom. The summed E-state index contributed by atoms with van der Waals surface area (Å²) in [6.07, 6.45) is -0.902. The minimum absolute atomic E-state index is 0.0392. The number of hydrogen-bond acceptors (Lipinski definition) is 9. The van der Waals surface area contributed by atoms with E-state index in [4.69, 9.17) is 19.9 Å². The normalized spacial score (nSPS) is 23.2. The number of thiophene rings is 1. The number of amides is 3. The largest absolute Gasteiger partial charge is 0.464 e. The van der Waals surface area contributed by atoms with Gasteiger partial charge in [0.15, 0.2) is 0 Å². The van der Waals surface area contributed by atoms with Crippen molar-refractivity contribution < 1.29 is 33.4 Å². The standard InChI is InChI=1S/C17H19N3O7S2/c1-25-13(22)12-9(7-27-16(18)24)8-29-15-17(26-2,14(23)20(12)15)19-11(21)6-10-4-3-5-28-10/h3-5,15H,6-8H2,1-2H3,(H2,18,24)(H,19,21)/t15-,17+/m1/s1. The lowest BCUT2D eigenvalue weighted by Crippen LogP contribution is -2.80. The summed E-state index contributed by atoms with van der Waals surface area (Å²) in [4.78, 5) is 50.7. The second-order valence-corrected chi connectivity index (χ2v) is 8.23. The lowest BCUT2D eigenvalue weighted by atomic mass is 9.98. The second-order valence-electron chi connectivity index (χ2n) is 6.13. The van der Waals surface area contributed by atoms with Crippen LogP contribution in [0.3, 0.4) is 0 Å². The van der Waals surface area contributed by atoms with Crippen molar-refractivity contribution in [3.8, 4) is 0 Å². The third-order valence-electron chi connectivity index (χ3n) is 4.44. The summed E-state index contributed by atoms with van der Waals surface area (Å²) in [5.74, 6) is -1.51. The van der Waals surface area contributed by atoms with Gasteiger partial charge in [-0.3, -0.25) is 14.5 Å². The lowest BCUT2D eigenvalue weighted by molar-refractivity contribution is -0.192. The summed E-state index contributed by atoms with van der Waals surface area (Å²) in [6.45, 7) is -0.256. The first-order chi connectivity index (χ1) is 13.8. The number of thioether (sulfide) groups is 1. The highest BCUT2D eigenvalue weighted by atomic mass is 32.2. The molecule has 1 fully saturated rings. The Hall–Kier alpha value is -2.57. The maximum atomic E-state index is 13.0. The Labute approximate surface area is 174 Å². The Morgan fingerprint density at radius 2 is 2.14 bits per heavy atom. The molecule has 1 aromatic rings. The quantitative estimate of drug-likeness (QED) is 0.347. The summed E-state index contributed by atoms with van der Waals surface area (Å²) in [5.41, 5.74) is 3.72. The first-order valence-corrected chi connectivity index (χ1v) is 10.3. The fraction of sp³-hybridized carbons (Fsp3) is 0.412. The van der Waals surface area contributed by atoms with Gasteiger partial charge in [0, 0.05) is 23.3 Å². The SMILES string of the molecule is COC(=O)C1=C(COC(N)=O)CS[C@H]2N1C(=O)[C@]2(NC(=O)Cc1cccs1)OC. The molecule has 0 bridgehead atoms. The van der Waals surface area contributed by atoms with E-state index in [1.54, 1.807) is 0 Å². The van der Waals surface area contributed by atoms with Gasteiger partial charge in [-0.2, -0.15) is 0 Å². The highest BCUT2D eigenvalue weighted by molar-refractivity contribution is 8.00. The molecule has 0 saturated carbocycles. The highest BCUT2D eigenvalue weighted by Crippen LogP contribution is 2.46. The highest BCUT2D eigenvalue weighted by Gasteiger charge is 2.66. The maximum absolute atomic E-state index is 13.0. The Balaban J connectivity index is 1.83. The van der Waals surface area contributed by atoms with Gasteiger partial charge in [-0.05, 0) is 11.4 Å². The van der Waals surface area contributed by atoms with E-state index in [1.807, 2.05) is 17.5 Å². The van der Waals surface area contributed by atoms with E-state index in [1.165, 1.54) is 42.2 Å². The van der Waals surface area contributed by atoms with Crippen molar-refractivity contribution in [3.63, 3.8) is 0 Å². The number of ether oxygens (including phenoxy) is 3. The van der Waals surface area contributed by atoms with E-state index < -0.39 is 29.1 Å². The summed E-state index contributed by atoms with van der Waals surface area (Å²) in [5, 5.41) is 3.83. The third kappa shape index (κ3) is 3.82. The molecule has 3 heterocycles. The van der Waals surface area contributed by atoms with Crippen LogP contribution < -0.4 is 11.1 Å². The summed E-state index contributed by atoms with van der Waals surface area (Å²) in [6, 6.07) is 3.65. The first-order valence-electron chi connectivity index (χ1n) is 8.40. The summed E-state index contributed by atoms with van der Waals surface area (Å²) >= 11 is 2.69. The molecule has 3 N–H and O–H groups in total. The number of nitrogens with one attached hydrogen (secondary N) is 1. The number of β-lactam (4-membered cyclic amide) rings is 1. The predicted molar refractivity (Wildman–Crippen MR) is 104 cm³/mol. The van der Waals surface area contributed by atoms with Gasteiger partial charge < -0.3 is 25.3 Å². The van der Waals surface area contributed by atoms with Crippen molar-refractivity contribution in [2.45, 2.75) is 17.5 Å². The third-order valence-corrected chi connectivity index (χ3v) is 6.69. The van der Waals surface area contributed by atoms with Gasteiger partial charge in [-0.25, -0.2) is 9.59 Å². The monoisotopic (exact) mass is 441 g/mol. The lowest BCUT2D eigenvalue weighted by Gasteiger charge is -2.55. The Morgan fingerprint density at radius 3 is 2.72 bits per heavy atom. The Kier molecular flexibility index (Phi) is 6.15. The molecule has 1 saturated heterocycles. The molecule has 0 aliphatic carbocycles. The number of hydrogen-bond donors (Lipinski definition) is 2.